The van der Waals surface area contributed by atoms with Gasteiger partial charge in [-0.25, -0.2) is 27.1 Å². The van der Waals surface area contributed by atoms with Crippen LogP contribution in [0.1, 0.15) is 12.8 Å². The number of hydrogen-bond acceptors (Lipinski definition) is 5. The number of hydrogen-bond donors (Lipinski definition) is 0. The maximum absolute atomic E-state index is 14.0. The highest BCUT2D eigenvalue weighted by atomic mass is 32.2. The van der Waals surface area contributed by atoms with Crippen molar-refractivity contribution in [3.8, 4) is 11.4 Å². The molecule has 0 unspecified atom stereocenters. The summed E-state index contributed by atoms with van der Waals surface area (Å²) in [6.45, 7) is 1.57. The summed E-state index contributed by atoms with van der Waals surface area (Å²) in [6, 6.07) is 6.29. The van der Waals surface area contributed by atoms with Crippen LogP contribution >= 0.6 is 0 Å². The van der Waals surface area contributed by atoms with Gasteiger partial charge < -0.3 is 4.90 Å². The van der Waals surface area contributed by atoms with Gasteiger partial charge in [0.05, 0.1) is 11.1 Å². The lowest BCUT2D eigenvalue weighted by molar-refractivity contribution is 0.521. The Labute approximate surface area is 141 Å². The molecule has 1 fully saturated rings. The fraction of sp³-hybridized carbons (Fsp3) is 0.375. The Bertz CT molecular complexity index is 832. The van der Waals surface area contributed by atoms with E-state index >= 15 is 0 Å². The molecule has 0 bridgehead atoms. The summed E-state index contributed by atoms with van der Waals surface area (Å²) in [4.78, 5) is 10.5. The zero-order chi connectivity index (χ0) is 17.3. The lowest BCUT2D eigenvalue weighted by Crippen LogP contribution is -2.22. The minimum absolute atomic E-state index is 0.193. The zero-order valence-electron chi connectivity index (χ0n) is 13.6. The molecule has 1 aliphatic rings. The van der Waals surface area contributed by atoms with Gasteiger partial charge in [0.25, 0.3) is 0 Å². The van der Waals surface area contributed by atoms with Crippen molar-refractivity contribution < 1.29 is 12.8 Å². The van der Waals surface area contributed by atoms with Crippen molar-refractivity contribution in [2.75, 3.05) is 32.1 Å². The van der Waals surface area contributed by atoms with Crippen LogP contribution in [0.5, 0.6) is 0 Å². The van der Waals surface area contributed by atoms with Crippen LogP contribution in [0.3, 0.4) is 0 Å². The van der Waals surface area contributed by atoms with Crippen molar-refractivity contribution in [2.45, 2.75) is 17.7 Å². The lowest BCUT2D eigenvalue weighted by Gasteiger charge is -2.17. The van der Waals surface area contributed by atoms with E-state index in [0.29, 0.717) is 17.2 Å². The minimum atomic E-state index is -3.48. The van der Waals surface area contributed by atoms with Crippen LogP contribution < -0.4 is 4.90 Å². The molecule has 0 radical (unpaired) electrons. The summed E-state index contributed by atoms with van der Waals surface area (Å²) in [5.41, 5.74) is 0.646. The third-order valence-corrected chi connectivity index (χ3v) is 5.85. The first-order chi connectivity index (χ1) is 11.4. The zero-order valence-corrected chi connectivity index (χ0v) is 14.4. The van der Waals surface area contributed by atoms with Gasteiger partial charge in [-0.3, -0.25) is 0 Å². The van der Waals surface area contributed by atoms with Gasteiger partial charge in [0.1, 0.15) is 0 Å². The molecule has 2 aromatic rings. The van der Waals surface area contributed by atoms with Crippen molar-refractivity contribution >= 4 is 15.8 Å². The van der Waals surface area contributed by atoms with E-state index in [1.807, 2.05) is 4.90 Å². The Morgan fingerprint density at radius 1 is 1.12 bits per heavy atom. The molecule has 1 saturated heterocycles. The second-order valence-electron chi connectivity index (χ2n) is 5.87. The Morgan fingerprint density at radius 3 is 2.33 bits per heavy atom. The standard InChI is InChI=1S/C16H19FN4O2S/c1-20(2)24(22,23)13-7-5-12(6-8-13)15-18-11-14(17)16(19-15)21-9-3-4-10-21/h5-8,11H,3-4,9-10H2,1-2H3. The van der Waals surface area contributed by atoms with Gasteiger partial charge in [-0.1, -0.05) is 0 Å². The van der Waals surface area contributed by atoms with Crippen molar-refractivity contribution in [1.29, 1.82) is 0 Å². The average Bonchev–Trinajstić information content (AvgIpc) is 3.09. The highest BCUT2D eigenvalue weighted by Gasteiger charge is 2.20. The number of anilines is 1. The topological polar surface area (TPSA) is 66.4 Å². The molecule has 0 aliphatic carbocycles. The maximum atomic E-state index is 14.0. The molecule has 0 N–H and O–H groups in total. The molecule has 0 atom stereocenters. The molecule has 0 amide bonds. The predicted molar refractivity (Wildman–Crippen MR) is 89.7 cm³/mol. The molecular weight excluding hydrogens is 331 g/mol. The summed E-state index contributed by atoms with van der Waals surface area (Å²) in [7, 11) is -0.518. The first kappa shape index (κ1) is 16.8. The van der Waals surface area contributed by atoms with Crippen LogP contribution in [0.2, 0.25) is 0 Å². The van der Waals surface area contributed by atoms with Crippen LogP contribution in [-0.2, 0) is 10.0 Å². The fourth-order valence-corrected chi connectivity index (χ4v) is 3.54. The van der Waals surface area contributed by atoms with E-state index in [0.717, 1.165) is 30.2 Å². The third-order valence-electron chi connectivity index (χ3n) is 4.02. The highest BCUT2D eigenvalue weighted by molar-refractivity contribution is 7.89. The van der Waals surface area contributed by atoms with Crippen LogP contribution in [0.15, 0.2) is 35.4 Å². The van der Waals surface area contributed by atoms with Gasteiger partial charge in [-0.05, 0) is 37.1 Å². The summed E-state index contributed by atoms with van der Waals surface area (Å²) in [6.07, 6.45) is 3.21. The van der Waals surface area contributed by atoms with Gasteiger partial charge in [0.15, 0.2) is 17.5 Å². The lowest BCUT2D eigenvalue weighted by atomic mass is 10.2. The Morgan fingerprint density at radius 2 is 1.75 bits per heavy atom. The largest absolute Gasteiger partial charge is 0.354 e. The molecule has 6 nitrogen and oxygen atoms in total. The highest BCUT2D eigenvalue weighted by Crippen LogP contribution is 2.25. The van der Waals surface area contributed by atoms with E-state index in [1.165, 1.54) is 32.4 Å². The number of benzene rings is 1. The Hall–Kier alpha value is -2.06. The Kier molecular flexibility index (Phi) is 4.51. The molecule has 24 heavy (non-hydrogen) atoms. The molecule has 8 heteroatoms. The predicted octanol–water partition coefficient (Wildman–Crippen LogP) is 2.13. The first-order valence-electron chi connectivity index (χ1n) is 7.70. The van der Waals surface area contributed by atoms with Gasteiger partial charge in [-0.15, -0.1) is 0 Å². The van der Waals surface area contributed by atoms with E-state index in [2.05, 4.69) is 9.97 Å². The van der Waals surface area contributed by atoms with Gasteiger partial charge in [0, 0.05) is 32.7 Å². The molecule has 2 heterocycles. The van der Waals surface area contributed by atoms with Gasteiger partial charge >= 0.3 is 0 Å². The van der Waals surface area contributed by atoms with Crippen LogP contribution in [0.4, 0.5) is 10.2 Å². The Balaban J connectivity index is 1.94. The molecule has 128 valence electrons. The van der Waals surface area contributed by atoms with Gasteiger partial charge in [-0.2, -0.15) is 0 Å². The molecule has 3 rings (SSSR count). The van der Waals surface area contributed by atoms with Crippen LogP contribution in [0.25, 0.3) is 11.4 Å². The van der Waals surface area contributed by atoms with Crippen LogP contribution in [-0.4, -0.2) is 49.9 Å². The van der Waals surface area contributed by atoms with E-state index in [1.54, 1.807) is 12.1 Å². The SMILES string of the molecule is CN(C)S(=O)(=O)c1ccc(-c2ncc(F)c(N3CCCC3)n2)cc1. The number of rotatable bonds is 4. The van der Waals surface area contributed by atoms with E-state index in [-0.39, 0.29) is 4.90 Å². The molecule has 1 aliphatic heterocycles. The fourth-order valence-electron chi connectivity index (χ4n) is 2.63. The molecule has 1 aromatic heterocycles. The second-order valence-corrected chi connectivity index (χ2v) is 8.02. The van der Waals surface area contributed by atoms with Crippen molar-refractivity contribution in [2.24, 2.45) is 0 Å². The van der Waals surface area contributed by atoms with Crippen LogP contribution in [0, 0.1) is 5.82 Å². The maximum Gasteiger partial charge on any atom is 0.242 e. The molecule has 0 spiro atoms. The smallest absolute Gasteiger partial charge is 0.242 e. The monoisotopic (exact) mass is 350 g/mol. The minimum Gasteiger partial charge on any atom is -0.354 e. The summed E-state index contributed by atoms with van der Waals surface area (Å²) < 4.78 is 39.3. The van der Waals surface area contributed by atoms with Crippen molar-refractivity contribution in [3.63, 3.8) is 0 Å². The molecule has 1 aromatic carbocycles. The number of halogens is 1. The molecular formula is C16H19FN4O2S. The van der Waals surface area contributed by atoms with E-state index < -0.39 is 15.8 Å². The second kappa shape index (κ2) is 6.45. The summed E-state index contributed by atoms with van der Waals surface area (Å²) in [5, 5.41) is 0. The van der Waals surface area contributed by atoms with Gasteiger partial charge in [0.2, 0.25) is 10.0 Å². The first-order valence-corrected chi connectivity index (χ1v) is 9.14. The summed E-state index contributed by atoms with van der Waals surface area (Å²) >= 11 is 0. The molecule has 0 saturated carbocycles. The van der Waals surface area contributed by atoms with E-state index in [9.17, 15) is 12.8 Å². The average molecular weight is 350 g/mol. The van der Waals surface area contributed by atoms with E-state index in [4.69, 9.17) is 0 Å². The number of aromatic nitrogens is 2. The number of nitrogens with zero attached hydrogens (tertiary/aromatic N) is 4. The summed E-state index contributed by atoms with van der Waals surface area (Å²) in [5.74, 6) is 0.252. The third kappa shape index (κ3) is 3.11. The quantitative estimate of drug-likeness (QED) is 0.845. The normalized spacial score (nSPS) is 15.2. The van der Waals surface area contributed by atoms with Crippen molar-refractivity contribution in [3.05, 3.63) is 36.3 Å². The van der Waals surface area contributed by atoms with Crippen molar-refractivity contribution in [1.82, 2.24) is 14.3 Å². The number of sulfonamides is 1.